The summed E-state index contributed by atoms with van der Waals surface area (Å²) in [6.45, 7) is 7.69. The summed E-state index contributed by atoms with van der Waals surface area (Å²) in [5.41, 5.74) is 5.74. The maximum Gasteiger partial charge on any atom is 0.0543 e. The normalized spacial score (nSPS) is 16.0. The summed E-state index contributed by atoms with van der Waals surface area (Å²) in [6, 6.07) is 0. The Morgan fingerprint density at radius 2 is 2.00 bits per heavy atom. The van der Waals surface area contributed by atoms with Crippen LogP contribution in [0.1, 0.15) is 46.5 Å². The summed E-state index contributed by atoms with van der Waals surface area (Å²) in [4.78, 5) is 0. The molecule has 0 aromatic rings. The highest BCUT2D eigenvalue weighted by atomic mass is 15.0. The molecule has 0 rings (SSSR count). The van der Waals surface area contributed by atoms with E-state index in [-0.39, 0.29) is 6.17 Å². The van der Waals surface area contributed by atoms with Crippen LogP contribution in [0, 0.1) is 5.92 Å². The minimum atomic E-state index is 0.189. The van der Waals surface area contributed by atoms with Gasteiger partial charge in [0.2, 0.25) is 0 Å². The van der Waals surface area contributed by atoms with E-state index in [0.29, 0.717) is 0 Å². The van der Waals surface area contributed by atoms with Crippen molar-refractivity contribution in [2.75, 3.05) is 6.54 Å². The van der Waals surface area contributed by atoms with Crippen LogP contribution in [-0.4, -0.2) is 12.7 Å². The third-order valence-electron chi connectivity index (χ3n) is 2.22. The van der Waals surface area contributed by atoms with E-state index in [9.17, 15) is 0 Å². The Morgan fingerprint density at radius 3 is 2.50 bits per heavy atom. The van der Waals surface area contributed by atoms with Gasteiger partial charge in [-0.25, -0.2) is 0 Å². The number of hydrogen-bond acceptors (Lipinski definition) is 2. The van der Waals surface area contributed by atoms with Gasteiger partial charge in [-0.2, -0.15) is 0 Å². The molecule has 12 heavy (non-hydrogen) atoms. The van der Waals surface area contributed by atoms with Crippen molar-refractivity contribution in [3.63, 3.8) is 0 Å². The van der Waals surface area contributed by atoms with E-state index in [1.807, 2.05) is 0 Å². The van der Waals surface area contributed by atoms with Gasteiger partial charge in [-0.3, -0.25) is 0 Å². The van der Waals surface area contributed by atoms with Crippen LogP contribution in [0.4, 0.5) is 0 Å². The lowest BCUT2D eigenvalue weighted by molar-refractivity contribution is 0.417. The number of rotatable bonds is 7. The molecule has 0 aliphatic carbocycles. The highest BCUT2D eigenvalue weighted by Gasteiger charge is 2.02. The second kappa shape index (κ2) is 7.56. The average Bonchev–Trinajstić information content (AvgIpc) is 2.10. The molecular formula is C10H24N2. The lowest BCUT2D eigenvalue weighted by atomic mass is 10.0. The van der Waals surface area contributed by atoms with Gasteiger partial charge in [0.1, 0.15) is 0 Å². The van der Waals surface area contributed by atoms with Crippen molar-refractivity contribution in [1.82, 2.24) is 5.32 Å². The van der Waals surface area contributed by atoms with Gasteiger partial charge in [-0.1, -0.05) is 33.6 Å². The van der Waals surface area contributed by atoms with Crippen LogP contribution in [0.3, 0.4) is 0 Å². The molecule has 0 saturated carbocycles. The summed E-state index contributed by atoms with van der Waals surface area (Å²) in [7, 11) is 0. The van der Waals surface area contributed by atoms with Crippen molar-refractivity contribution in [3.05, 3.63) is 0 Å². The zero-order valence-electron chi connectivity index (χ0n) is 8.77. The maximum atomic E-state index is 5.74. The standard InChI is InChI=1S/C10H24N2/c1-4-6-7-9(3)8-12-10(11)5-2/h9-10,12H,4-8,11H2,1-3H3. The molecular weight excluding hydrogens is 148 g/mol. The smallest absolute Gasteiger partial charge is 0.0543 e. The van der Waals surface area contributed by atoms with Gasteiger partial charge in [0.05, 0.1) is 6.17 Å². The first-order chi connectivity index (χ1) is 5.70. The van der Waals surface area contributed by atoms with Crippen LogP contribution in [0.25, 0.3) is 0 Å². The quantitative estimate of drug-likeness (QED) is 0.577. The molecule has 3 N–H and O–H groups in total. The van der Waals surface area contributed by atoms with Crippen LogP contribution in [-0.2, 0) is 0 Å². The largest absolute Gasteiger partial charge is 0.316 e. The first-order valence-electron chi connectivity index (χ1n) is 5.19. The fourth-order valence-corrected chi connectivity index (χ4v) is 1.15. The highest BCUT2D eigenvalue weighted by molar-refractivity contribution is 4.61. The van der Waals surface area contributed by atoms with Crippen molar-refractivity contribution < 1.29 is 0 Å². The van der Waals surface area contributed by atoms with Crippen LogP contribution in [0.15, 0.2) is 0 Å². The van der Waals surface area contributed by atoms with Crippen LogP contribution in [0.5, 0.6) is 0 Å². The second-order valence-electron chi connectivity index (χ2n) is 3.67. The summed E-state index contributed by atoms with van der Waals surface area (Å²) < 4.78 is 0. The van der Waals surface area contributed by atoms with E-state index >= 15 is 0 Å². The molecule has 0 heterocycles. The maximum absolute atomic E-state index is 5.74. The molecule has 2 atom stereocenters. The van der Waals surface area contributed by atoms with Crippen molar-refractivity contribution in [3.8, 4) is 0 Å². The van der Waals surface area contributed by atoms with E-state index in [4.69, 9.17) is 5.73 Å². The molecule has 0 spiro atoms. The average molecular weight is 172 g/mol. The van der Waals surface area contributed by atoms with Crippen molar-refractivity contribution >= 4 is 0 Å². The zero-order valence-corrected chi connectivity index (χ0v) is 8.77. The fraction of sp³-hybridized carbons (Fsp3) is 1.00. The summed E-state index contributed by atoms with van der Waals surface area (Å²) >= 11 is 0. The SMILES string of the molecule is CCCCC(C)CNC(N)CC. The summed E-state index contributed by atoms with van der Waals surface area (Å²) in [6.07, 6.45) is 5.16. The number of hydrogen-bond donors (Lipinski definition) is 2. The number of unbranched alkanes of at least 4 members (excludes halogenated alkanes) is 1. The number of nitrogens with two attached hydrogens (primary N) is 1. The minimum absolute atomic E-state index is 0.189. The molecule has 0 amide bonds. The molecule has 0 bridgehead atoms. The van der Waals surface area contributed by atoms with Gasteiger partial charge in [0.15, 0.2) is 0 Å². The van der Waals surface area contributed by atoms with E-state index in [2.05, 4.69) is 26.1 Å². The molecule has 0 aromatic heterocycles. The van der Waals surface area contributed by atoms with Gasteiger partial charge in [-0.15, -0.1) is 0 Å². The summed E-state index contributed by atoms with van der Waals surface area (Å²) in [5, 5.41) is 3.32. The molecule has 2 unspecified atom stereocenters. The van der Waals surface area contributed by atoms with Crippen LogP contribution in [0.2, 0.25) is 0 Å². The van der Waals surface area contributed by atoms with E-state index in [1.54, 1.807) is 0 Å². The minimum Gasteiger partial charge on any atom is -0.316 e. The van der Waals surface area contributed by atoms with Gasteiger partial charge in [0.25, 0.3) is 0 Å². The molecule has 0 aromatic carbocycles. The Kier molecular flexibility index (Phi) is 7.51. The Morgan fingerprint density at radius 1 is 1.33 bits per heavy atom. The predicted octanol–water partition coefficient (Wildman–Crippen LogP) is 2.10. The molecule has 2 nitrogen and oxygen atoms in total. The topological polar surface area (TPSA) is 38.0 Å². The molecule has 0 aliphatic heterocycles. The van der Waals surface area contributed by atoms with Crippen molar-refractivity contribution in [1.29, 1.82) is 0 Å². The van der Waals surface area contributed by atoms with Gasteiger partial charge < -0.3 is 11.1 Å². The Balaban J connectivity index is 3.24. The third kappa shape index (κ3) is 6.62. The zero-order chi connectivity index (χ0) is 9.40. The van der Waals surface area contributed by atoms with E-state index in [1.165, 1.54) is 19.3 Å². The Hall–Kier alpha value is -0.0800. The third-order valence-corrected chi connectivity index (χ3v) is 2.22. The van der Waals surface area contributed by atoms with E-state index in [0.717, 1.165) is 18.9 Å². The van der Waals surface area contributed by atoms with E-state index < -0.39 is 0 Å². The molecule has 2 heteroatoms. The van der Waals surface area contributed by atoms with Gasteiger partial charge in [-0.05, 0) is 25.3 Å². The fourth-order valence-electron chi connectivity index (χ4n) is 1.15. The molecule has 0 saturated heterocycles. The van der Waals surface area contributed by atoms with Crippen LogP contribution >= 0.6 is 0 Å². The first-order valence-corrected chi connectivity index (χ1v) is 5.19. The first kappa shape index (κ1) is 11.9. The number of nitrogens with one attached hydrogen (secondary N) is 1. The van der Waals surface area contributed by atoms with Crippen molar-refractivity contribution in [2.45, 2.75) is 52.6 Å². The molecule has 0 fully saturated rings. The van der Waals surface area contributed by atoms with Crippen molar-refractivity contribution in [2.24, 2.45) is 11.7 Å². The Bertz CT molecular complexity index is 93.8. The van der Waals surface area contributed by atoms with Crippen LogP contribution < -0.4 is 11.1 Å². The highest BCUT2D eigenvalue weighted by Crippen LogP contribution is 2.05. The molecule has 0 aliphatic rings. The van der Waals surface area contributed by atoms with Gasteiger partial charge in [0, 0.05) is 0 Å². The molecule has 74 valence electrons. The summed E-state index contributed by atoms with van der Waals surface area (Å²) in [5.74, 6) is 0.766. The predicted molar refractivity (Wildman–Crippen MR) is 55.0 cm³/mol. The lowest BCUT2D eigenvalue weighted by Crippen LogP contribution is -2.39. The lowest BCUT2D eigenvalue weighted by Gasteiger charge is -2.15. The monoisotopic (exact) mass is 172 g/mol. The molecule has 0 radical (unpaired) electrons. The second-order valence-corrected chi connectivity index (χ2v) is 3.67. The van der Waals surface area contributed by atoms with Gasteiger partial charge >= 0.3 is 0 Å². The Labute approximate surface area is 76.9 Å².